The summed E-state index contributed by atoms with van der Waals surface area (Å²) in [6.45, 7) is -0.483. The predicted molar refractivity (Wildman–Crippen MR) is 88.8 cm³/mol. The Balaban J connectivity index is 1.83. The van der Waals surface area contributed by atoms with Gasteiger partial charge in [-0.3, -0.25) is 19.3 Å². The van der Waals surface area contributed by atoms with Crippen LogP contribution in [-0.4, -0.2) is 35.7 Å². The van der Waals surface area contributed by atoms with E-state index in [4.69, 9.17) is 4.42 Å². The average Bonchev–Trinajstić information content (AvgIpc) is 3.15. The van der Waals surface area contributed by atoms with E-state index in [0.29, 0.717) is 11.8 Å². The van der Waals surface area contributed by atoms with Gasteiger partial charge < -0.3 is 9.15 Å². The van der Waals surface area contributed by atoms with Crippen LogP contribution in [0, 0.1) is 11.6 Å². The zero-order valence-electron chi connectivity index (χ0n) is 13.3. The first-order valence-electron chi connectivity index (χ1n) is 7.26. The van der Waals surface area contributed by atoms with Crippen molar-refractivity contribution in [1.29, 1.82) is 0 Å². The highest BCUT2D eigenvalue weighted by molar-refractivity contribution is 8.18. The summed E-state index contributed by atoms with van der Waals surface area (Å²) in [4.78, 5) is 36.1. The molecule has 0 radical (unpaired) electrons. The third-order valence-corrected chi connectivity index (χ3v) is 4.39. The number of carbonyl (C=O) groups excluding carboxylic acids is 3. The minimum atomic E-state index is -0.788. The Morgan fingerprint density at radius 3 is 2.73 bits per heavy atom. The molecule has 0 N–H and O–H groups in total. The standard InChI is InChI=1S/C17H11F2NO5S/c1-24-15(21)8-20-16(22)14(26-17(20)23)7-10-3-5-13(25-10)11-4-2-9(18)6-12(11)19/h2-7H,8H2,1H3/b14-7+. The van der Waals surface area contributed by atoms with Gasteiger partial charge in [-0.15, -0.1) is 0 Å². The lowest BCUT2D eigenvalue weighted by molar-refractivity contribution is -0.143. The van der Waals surface area contributed by atoms with Crippen LogP contribution in [0.2, 0.25) is 0 Å². The molecule has 1 aromatic carbocycles. The molecule has 6 nitrogen and oxygen atoms in total. The second-order valence-electron chi connectivity index (χ2n) is 5.17. The lowest BCUT2D eigenvalue weighted by Gasteiger charge is -2.09. The van der Waals surface area contributed by atoms with Gasteiger partial charge in [-0.05, 0) is 36.0 Å². The van der Waals surface area contributed by atoms with E-state index in [0.717, 1.165) is 24.1 Å². The zero-order valence-corrected chi connectivity index (χ0v) is 14.1. The van der Waals surface area contributed by atoms with E-state index in [-0.39, 0.29) is 22.0 Å². The molecule has 1 aromatic heterocycles. The molecule has 9 heteroatoms. The third-order valence-electron chi connectivity index (χ3n) is 3.49. The summed E-state index contributed by atoms with van der Waals surface area (Å²) in [7, 11) is 1.15. The molecular weight excluding hydrogens is 368 g/mol. The minimum absolute atomic E-state index is 0.0550. The van der Waals surface area contributed by atoms with Crippen LogP contribution in [-0.2, 0) is 14.3 Å². The van der Waals surface area contributed by atoms with Crippen molar-refractivity contribution in [2.24, 2.45) is 0 Å². The van der Waals surface area contributed by atoms with Crippen LogP contribution in [0.3, 0.4) is 0 Å². The number of imide groups is 1. The molecule has 0 saturated carbocycles. The molecule has 1 aliphatic rings. The summed E-state index contributed by atoms with van der Waals surface area (Å²) in [6, 6.07) is 6.00. The van der Waals surface area contributed by atoms with Crippen molar-refractivity contribution in [3.8, 4) is 11.3 Å². The summed E-state index contributed by atoms with van der Waals surface area (Å²) in [6.07, 6.45) is 1.31. The third kappa shape index (κ3) is 3.52. The van der Waals surface area contributed by atoms with Crippen LogP contribution < -0.4 is 0 Å². The number of ether oxygens (including phenoxy) is 1. The Morgan fingerprint density at radius 1 is 1.27 bits per heavy atom. The fraction of sp³-hybridized carbons (Fsp3) is 0.118. The minimum Gasteiger partial charge on any atom is -0.468 e. The molecule has 1 saturated heterocycles. The van der Waals surface area contributed by atoms with Gasteiger partial charge in [0.15, 0.2) is 0 Å². The van der Waals surface area contributed by atoms with E-state index in [2.05, 4.69) is 4.74 Å². The second-order valence-corrected chi connectivity index (χ2v) is 6.16. The van der Waals surface area contributed by atoms with Crippen LogP contribution in [0.1, 0.15) is 5.76 Å². The molecule has 2 heterocycles. The number of hydrogen-bond donors (Lipinski definition) is 0. The lowest BCUT2D eigenvalue weighted by atomic mass is 10.1. The molecule has 3 rings (SSSR count). The predicted octanol–water partition coefficient (Wildman–Crippen LogP) is 3.43. The number of hydrogen-bond acceptors (Lipinski definition) is 6. The quantitative estimate of drug-likeness (QED) is 0.598. The summed E-state index contributed by atoms with van der Waals surface area (Å²) in [5, 5.41) is -0.608. The summed E-state index contributed by atoms with van der Waals surface area (Å²) < 4.78 is 36.7. The highest BCUT2D eigenvalue weighted by atomic mass is 32.2. The molecule has 1 aliphatic heterocycles. The van der Waals surface area contributed by atoms with E-state index in [1.54, 1.807) is 0 Å². The van der Waals surface area contributed by atoms with Crippen molar-refractivity contribution >= 4 is 35.0 Å². The Labute approximate surface area is 150 Å². The van der Waals surface area contributed by atoms with E-state index in [1.807, 2.05) is 0 Å². The number of amides is 2. The number of methoxy groups -OCH3 is 1. The van der Waals surface area contributed by atoms with Crippen molar-refractivity contribution < 1.29 is 32.3 Å². The first-order chi connectivity index (χ1) is 12.4. The number of halogens is 2. The molecule has 2 aromatic rings. The first kappa shape index (κ1) is 17.9. The van der Waals surface area contributed by atoms with Crippen molar-refractivity contribution in [1.82, 2.24) is 4.90 Å². The van der Waals surface area contributed by atoms with Crippen LogP contribution in [0.5, 0.6) is 0 Å². The molecule has 1 fully saturated rings. The number of nitrogens with zero attached hydrogens (tertiary/aromatic N) is 1. The van der Waals surface area contributed by atoms with Crippen molar-refractivity contribution in [3.05, 3.63) is 52.6 Å². The average molecular weight is 379 g/mol. The summed E-state index contributed by atoms with van der Waals surface area (Å²) in [5.41, 5.74) is 0.0600. The fourth-order valence-electron chi connectivity index (χ4n) is 2.22. The van der Waals surface area contributed by atoms with Gasteiger partial charge in [-0.1, -0.05) is 0 Å². The first-order valence-corrected chi connectivity index (χ1v) is 8.08. The molecule has 0 bridgehead atoms. The topological polar surface area (TPSA) is 76.8 Å². The Hall–Kier alpha value is -2.94. The number of esters is 1. The number of rotatable bonds is 4. The largest absolute Gasteiger partial charge is 0.468 e. The fourth-order valence-corrected chi connectivity index (χ4v) is 3.04. The molecule has 0 aliphatic carbocycles. The molecule has 134 valence electrons. The summed E-state index contributed by atoms with van der Waals surface area (Å²) in [5.74, 6) is -2.53. The van der Waals surface area contributed by atoms with Crippen molar-refractivity contribution in [2.75, 3.05) is 13.7 Å². The molecule has 0 atom stereocenters. The molecule has 0 spiro atoms. The van der Waals surface area contributed by atoms with Crippen LogP contribution >= 0.6 is 11.8 Å². The van der Waals surface area contributed by atoms with Gasteiger partial charge in [-0.25, -0.2) is 8.78 Å². The molecular formula is C17H11F2NO5S. The van der Waals surface area contributed by atoms with Crippen LogP contribution in [0.4, 0.5) is 13.6 Å². The zero-order chi connectivity index (χ0) is 18.8. The van der Waals surface area contributed by atoms with Gasteiger partial charge in [0.2, 0.25) is 0 Å². The Morgan fingerprint density at radius 2 is 2.04 bits per heavy atom. The van der Waals surface area contributed by atoms with Crippen LogP contribution in [0.25, 0.3) is 17.4 Å². The monoisotopic (exact) mass is 379 g/mol. The van der Waals surface area contributed by atoms with Gasteiger partial charge >= 0.3 is 5.97 Å². The van der Waals surface area contributed by atoms with E-state index < -0.39 is 35.3 Å². The Kier molecular flexibility index (Phi) is 4.90. The smallest absolute Gasteiger partial charge is 0.325 e. The van der Waals surface area contributed by atoms with E-state index in [1.165, 1.54) is 24.3 Å². The van der Waals surface area contributed by atoms with E-state index in [9.17, 15) is 23.2 Å². The molecule has 26 heavy (non-hydrogen) atoms. The van der Waals surface area contributed by atoms with E-state index >= 15 is 0 Å². The van der Waals surface area contributed by atoms with Gasteiger partial charge in [0.25, 0.3) is 11.1 Å². The van der Waals surface area contributed by atoms with Crippen molar-refractivity contribution in [2.45, 2.75) is 0 Å². The molecule has 0 unspecified atom stereocenters. The SMILES string of the molecule is COC(=O)CN1C(=O)S/C(=C/c2ccc(-c3ccc(F)cc3F)o2)C1=O. The van der Waals surface area contributed by atoms with Gasteiger partial charge in [0, 0.05) is 12.1 Å². The summed E-state index contributed by atoms with van der Waals surface area (Å²) >= 11 is 0.646. The normalized spacial score (nSPS) is 15.8. The number of benzene rings is 1. The number of thioether (sulfide) groups is 1. The maximum atomic E-state index is 13.8. The van der Waals surface area contributed by atoms with Gasteiger partial charge in [0.05, 0.1) is 17.6 Å². The van der Waals surface area contributed by atoms with Gasteiger partial charge in [-0.2, -0.15) is 0 Å². The van der Waals surface area contributed by atoms with Crippen molar-refractivity contribution in [3.63, 3.8) is 0 Å². The number of furan rings is 1. The maximum absolute atomic E-state index is 13.8. The number of carbonyl (C=O) groups is 3. The lowest BCUT2D eigenvalue weighted by Crippen LogP contribution is -2.34. The molecule has 2 amide bonds. The highest BCUT2D eigenvalue weighted by Crippen LogP contribution is 2.33. The maximum Gasteiger partial charge on any atom is 0.325 e. The Bertz CT molecular complexity index is 937. The van der Waals surface area contributed by atoms with Gasteiger partial charge in [0.1, 0.15) is 29.7 Å². The second kappa shape index (κ2) is 7.12. The van der Waals surface area contributed by atoms with Crippen LogP contribution in [0.15, 0.2) is 39.7 Å². The highest BCUT2D eigenvalue weighted by Gasteiger charge is 2.36.